The van der Waals surface area contributed by atoms with Crippen LogP contribution in [0.2, 0.25) is 5.02 Å². The van der Waals surface area contributed by atoms with Gasteiger partial charge in [0.25, 0.3) is 0 Å². The van der Waals surface area contributed by atoms with E-state index >= 15 is 0 Å². The van der Waals surface area contributed by atoms with Crippen molar-refractivity contribution < 1.29 is 14.6 Å². The molecule has 5 heteroatoms. The number of carbonyl (C=O) groups is 1. The zero-order chi connectivity index (χ0) is 15.9. The smallest absolute Gasteiger partial charge is 0.223 e. The summed E-state index contributed by atoms with van der Waals surface area (Å²) in [7, 11) is 1.60. The molecule has 2 rings (SSSR count). The zero-order valence-electron chi connectivity index (χ0n) is 12.3. The first kappa shape index (κ1) is 16.3. The van der Waals surface area contributed by atoms with Gasteiger partial charge in [0.05, 0.1) is 19.6 Å². The molecule has 0 spiro atoms. The number of ether oxygens (including phenoxy) is 1. The molecule has 0 bridgehead atoms. The van der Waals surface area contributed by atoms with Crippen LogP contribution in [0.4, 0.5) is 0 Å². The van der Waals surface area contributed by atoms with Crippen LogP contribution in [0, 0.1) is 0 Å². The lowest BCUT2D eigenvalue weighted by molar-refractivity contribution is -0.123. The number of aliphatic hydroxyl groups excluding tert-OH is 1. The fourth-order valence-electron chi connectivity index (χ4n) is 2.03. The Hall–Kier alpha value is -2.04. The molecule has 0 saturated heterocycles. The quantitative estimate of drug-likeness (QED) is 0.860. The largest absolute Gasteiger partial charge is 0.497 e. The second kappa shape index (κ2) is 7.82. The minimum absolute atomic E-state index is 0.00556. The van der Waals surface area contributed by atoms with E-state index in [0.717, 1.165) is 11.3 Å². The number of hydrogen-bond acceptors (Lipinski definition) is 3. The van der Waals surface area contributed by atoms with Gasteiger partial charge in [-0.2, -0.15) is 0 Å². The highest BCUT2D eigenvalue weighted by molar-refractivity contribution is 6.30. The Morgan fingerprint density at radius 3 is 2.68 bits per heavy atom. The normalized spacial score (nSPS) is 11.8. The van der Waals surface area contributed by atoms with Crippen LogP contribution in [0.25, 0.3) is 0 Å². The first-order chi connectivity index (χ1) is 10.6. The average molecular weight is 320 g/mol. The number of carbonyl (C=O) groups excluding carboxylic acids is 1. The Kier molecular flexibility index (Phi) is 5.81. The van der Waals surface area contributed by atoms with E-state index in [1.165, 1.54) is 0 Å². The Labute approximate surface area is 134 Å². The Morgan fingerprint density at radius 2 is 2.00 bits per heavy atom. The number of rotatable bonds is 6. The molecule has 0 heterocycles. The summed E-state index contributed by atoms with van der Waals surface area (Å²) in [5, 5.41) is 13.4. The first-order valence-corrected chi connectivity index (χ1v) is 7.29. The molecule has 1 amide bonds. The Bertz CT molecular complexity index is 628. The highest BCUT2D eigenvalue weighted by Crippen LogP contribution is 2.19. The molecule has 0 aromatic heterocycles. The molecule has 0 radical (unpaired) electrons. The predicted octanol–water partition coefficient (Wildman–Crippen LogP) is 3.09. The Morgan fingerprint density at radius 1 is 1.27 bits per heavy atom. The maximum Gasteiger partial charge on any atom is 0.223 e. The van der Waals surface area contributed by atoms with Crippen LogP contribution in [0.15, 0.2) is 48.5 Å². The lowest BCUT2D eigenvalue weighted by atomic mass is 10.1. The maximum atomic E-state index is 11.9. The maximum absolute atomic E-state index is 11.9. The van der Waals surface area contributed by atoms with E-state index in [-0.39, 0.29) is 12.3 Å². The molecule has 1 atom stereocenters. The van der Waals surface area contributed by atoms with Gasteiger partial charge in [0.15, 0.2) is 0 Å². The molecule has 2 aromatic carbocycles. The summed E-state index contributed by atoms with van der Waals surface area (Å²) >= 11 is 5.79. The summed E-state index contributed by atoms with van der Waals surface area (Å²) in [6, 6.07) is 14.3. The first-order valence-electron chi connectivity index (χ1n) is 6.91. The lowest BCUT2D eigenvalue weighted by Crippen LogP contribution is -2.24. The standard InChI is InChI=1S/C17H18ClNO3/c1-22-15-4-2-3-12(9-15)11-19-17(21)10-16(20)13-5-7-14(18)8-6-13/h2-9,16,20H,10-11H2,1H3,(H,19,21). The molecule has 22 heavy (non-hydrogen) atoms. The van der Waals surface area contributed by atoms with Gasteiger partial charge in [-0.3, -0.25) is 4.79 Å². The number of amides is 1. The highest BCUT2D eigenvalue weighted by Gasteiger charge is 2.12. The van der Waals surface area contributed by atoms with Crippen molar-refractivity contribution in [3.63, 3.8) is 0 Å². The second-order valence-corrected chi connectivity index (χ2v) is 5.34. The molecule has 0 aliphatic rings. The van der Waals surface area contributed by atoms with Crippen molar-refractivity contribution in [2.24, 2.45) is 0 Å². The number of methoxy groups -OCH3 is 1. The van der Waals surface area contributed by atoms with E-state index in [9.17, 15) is 9.90 Å². The third-order valence-electron chi connectivity index (χ3n) is 3.26. The van der Waals surface area contributed by atoms with E-state index in [1.54, 1.807) is 31.4 Å². The summed E-state index contributed by atoms with van der Waals surface area (Å²) in [6.07, 6.45) is -0.839. The van der Waals surface area contributed by atoms with Crippen molar-refractivity contribution in [3.05, 3.63) is 64.7 Å². The monoisotopic (exact) mass is 319 g/mol. The van der Waals surface area contributed by atoms with Crippen LogP contribution in [-0.2, 0) is 11.3 Å². The number of hydrogen-bond donors (Lipinski definition) is 2. The van der Waals surface area contributed by atoms with E-state index in [2.05, 4.69) is 5.32 Å². The molecule has 0 fully saturated rings. The number of halogens is 1. The number of benzene rings is 2. The summed E-state index contributed by atoms with van der Waals surface area (Å²) in [5.74, 6) is 0.526. The average Bonchev–Trinajstić information content (AvgIpc) is 2.53. The van der Waals surface area contributed by atoms with Crippen molar-refractivity contribution in [2.45, 2.75) is 19.1 Å². The van der Waals surface area contributed by atoms with Crippen LogP contribution in [0.1, 0.15) is 23.7 Å². The highest BCUT2D eigenvalue weighted by atomic mass is 35.5. The molecule has 0 saturated carbocycles. The summed E-state index contributed by atoms with van der Waals surface area (Å²) < 4.78 is 5.13. The van der Waals surface area contributed by atoms with Crippen LogP contribution in [0.5, 0.6) is 5.75 Å². The summed E-state index contributed by atoms with van der Waals surface area (Å²) in [4.78, 5) is 11.9. The molecule has 0 aliphatic carbocycles. The van der Waals surface area contributed by atoms with Gasteiger partial charge in [0, 0.05) is 11.6 Å². The lowest BCUT2D eigenvalue weighted by Gasteiger charge is -2.12. The van der Waals surface area contributed by atoms with Gasteiger partial charge in [-0.1, -0.05) is 35.9 Å². The molecular formula is C17H18ClNO3. The van der Waals surface area contributed by atoms with Crippen molar-refractivity contribution in [1.29, 1.82) is 0 Å². The van der Waals surface area contributed by atoms with Crippen molar-refractivity contribution in [2.75, 3.05) is 7.11 Å². The minimum Gasteiger partial charge on any atom is -0.497 e. The SMILES string of the molecule is COc1cccc(CNC(=O)CC(O)c2ccc(Cl)cc2)c1. The van der Waals surface area contributed by atoms with Gasteiger partial charge in [0.2, 0.25) is 5.91 Å². The van der Waals surface area contributed by atoms with Crippen LogP contribution >= 0.6 is 11.6 Å². The van der Waals surface area contributed by atoms with Gasteiger partial charge in [0.1, 0.15) is 5.75 Å². The van der Waals surface area contributed by atoms with E-state index in [4.69, 9.17) is 16.3 Å². The predicted molar refractivity (Wildman–Crippen MR) is 85.9 cm³/mol. The van der Waals surface area contributed by atoms with Gasteiger partial charge in [-0.15, -0.1) is 0 Å². The van der Waals surface area contributed by atoms with Gasteiger partial charge >= 0.3 is 0 Å². The number of nitrogens with one attached hydrogen (secondary N) is 1. The molecule has 4 nitrogen and oxygen atoms in total. The third-order valence-corrected chi connectivity index (χ3v) is 3.51. The van der Waals surface area contributed by atoms with Crippen LogP contribution < -0.4 is 10.1 Å². The van der Waals surface area contributed by atoms with E-state index in [0.29, 0.717) is 17.1 Å². The van der Waals surface area contributed by atoms with Crippen molar-refractivity contribution in [3.8, 4) is 5.75 Å². The zero-order valence-corrected chi connectivity index (χ0v) is 13.0. The fourth-order valence-corrected chi connectivity index (χ4v) is 2.16. The summed E-state index contributed by atoms with van der Waals surface area (Å²) in [6.45, 7) is 0.392. The molecule has 2 N–H and O–H groups in total. The summed E-state index contributed by atoms with van der Waals surface area (Å²) in [5.41, 5.74) is 1.61. The van der Waals surface area contributed by atoms with Crippen molar-refractivity contribution in [1.82, 2.24) is 5.32 Å². The second-order valence-electron chi connectivity index (χ2n) is 4.90. The molecular weight excluding hydrogens is 302 g/mol. The molecule has 2 aromatic rings. The number of aliphatic hydroxyl groups is 1. The third kappa shape index (κ3) is 4.76. The minimum atomic E-state index is -0.845. The molecule has 116 valence electrons. The van der Waals surface area contributed by atoms with E-state index in [1.807, 2.05) is 24.3 Å². The van der Waals surface area contributed by atoms with Crippen molar-refractivity contribution >= 4 is 17.5 Å². The van der Waals surface area contributed by atoms with Crippen LogP contribution in [0.3, 0.4) is 0 Å². The fraction of sp³-hybridized carbons (Fsp3) is 0.235. The Balaban J connectivity index is 1.85. The van der Waals surface area contributed by atoms with Crippen LogP contribution in [-0.4, -0.2) is 18.1 Å². The molecule has 0 aliphatic heterocycles. The molecule has 1 unspecified atom stereocenters. The topological polar surface area (TPSA) is 58.6 Å². The van der Waals surface area contributed by atoms with Gasteiger partial charge in [-0.05, 0) is 35.4 Å². The van der Waals surface area contributed by atoms with Gasteiger partial charge in [-0.25, -0.2) is 0 Å². The van der Waals surface area contributed by atoms with E-state index < -0.39 is 6.10 Å². The van der Waals surface area contributed by atoms with Gasteiger partial charge < -0.3 is 15.2 Å².